The van der Waals surface area contributed by atoms with E-state index in [-0.39, 0.29) is 12.1 Å². The number of hydrogen-bond acceptors (Lipinski definition) is 3. The van der Waals surface area contributed by atoms with Crippen LogP contribution in [0.25, 0.3) is 33.4 Å². The van der Waals surface area contributed by atoms with Crippen LogP contribution in [0.4, 0.5) is 5.69 Å². The Bertz CT molecular complexity index is 1500. The lowest BCUT2D eigenvalue weighted by Gasteiger charge is -2.27. The van der Waals surface area contributed by atoms with Crippen molar-refractivity contribution in [2.75, 3.05) is 11.9 Å². The van der Waals surface area contributed by atoms with Gasteiger partial charge in [0.2, 0.25) is 5.91 Å². The fourth-order valence-corrected chi connectivity index (χ4v) is 5.31. The fourth-order valence-electron chi connectivity index (χ4n) is 5.31. The molecule has 1 atom stereocenters. The molecule has 1 saturated heterocycles. The van der Waals surface area contributed by atoms with Crippen molar-refractivity contribution in [2.45, 2.75) is 45.8 Å². The number of aromatic nitrogens is 2. The molecule has 7 nitrogen and oxygen atoms in total. The third-order valence-corrected chi connectivity index (χ3v) is 7.21. The van der Waals surface area contributed by atoms with Gasteiger partial charge in [-0.05, 0) is 85.7 Å². The number of anilines is 1. The van der Waals surface area contributed by atoms with Crippen molar-refractivity contribution >= 4 is 28.4 Å². The molecule has 3 heterocycles. The van der Waals surface area contributed by atoms with Gasteiger partial charge in [0.15, 0.2) is 0 Å². The number of carbonyl (C=O) groups is 2. The van der Waals surface area contributed by atoms with Crippen molar-refractivity contribution in [1.29, 1.82) is 0 Å². The molecule has 190 valence electrons. The monoisotopic (exact) mass is 496 g/mol. The van der Waals surface area contributed by atoms with Crippen LogP contribution in [-0.4, -0.2) is 28.0 Å². The van der Waals surface area contributed by atoms with Crippen LogP contribution < -0.4 is 11.1 Å². The van der Waals surface area contributed by atoms with Gasteiger partial charge in [-0.1, -0.05) is 31.7 Å². The molecule has 1 fully saturated rings. The number of aryl methyl sites for hydroxylation is 1. The van der Waals surface area contributed by atoms with E-state index in [1.54, 1.807) is 6.07 Å². The molecule has 0 saturated carbocycles. The first-order chi connectivity index (χ1) is 17.9. The standard InChI is InChI=1S/C30H32N4O3/c1-4-19-12-15-26(34(19)28-11-6-7-16-37-28)25-17-23-21(13-14-22(30(31)36)29(23)33-25)20-9-8-10-24(18(20)3)32-27(35)5-2/h5,8-10,12-15,17,28,33H,2,4,6-7,11,16H2,1,3H3,(H2,31,36)(H,32,35). The second-order valence-corrected chi connectivity index (χ2v) is 9.42. The van der Waals surface area contributed by atoms with Gasteiger partial charge in [-0.25, -0.2) is 0 Å². The number of nitrogens with zero attached hydrogens (tertiary/aromatic N) is 1. The van der Waals surface area contributed by atoms with E-state index in [0.717, 1.165) is 65.8 Å². The molecule has 0 bridgehead atoms. The van der Waals surface area contributed by atoms with Crippen molar-refractivity contribution in [3.05, 3.63) is 78.0 Å². The van der Waals surface area contributed by atoms with E-state index in [9.17, 15) is 9.59 Å². The summed E-state index contributed by atoms with van der Waals surface area (Å²) in [6.07, 6.45) is 5.31. The molecular formula is C30H32N4O3. The van der Waals surface area contributed by atoms with Crippen LogP contribution in [0, 0.1) is 6.92 Å². The number of nitrogens with one attached hydrogen (secondary N) is 2. The zero-order valence-corrected chi connectivity index (χ0v) is 21.3. The third-order valence-electron chi connectivity index (χ3n) is 7.21. The Hall–Kier alpha value is -4.10. The zero-order valence-electron chi connectivity index (χ0n) is 21.3. The van der Waals surface area contributed by atoms with Crippen molar-refractivity contribution in [3.8, 4) is 22.5 Å². The van der Waals surface area contributed by atoms with Crippen molar-refractivity contribution in [2.24, 2.45) is 5.73 Å². The quantitative estimate of drug-likeness (QED) is 0.270. The average molecular weight is 497 g/mol. The minimum absolute atomic E-state index is 0.0115. The van der Waals surface area contributed by atoms with E-state index in [1.165, 1.54) is 11.8 Å². The van der Waals surface area contributed by atoms with Crippen LogP contribution in [0.15, 0.2) is 61.2 Å². The minimum atomic E-state index is -0.492. The Balaban J connectivity index is 1.69. The normalized spacial score (nSPS) is 15.6. The maximum absolute atomic E-state index is 12.4. The molecule has 2 aromatic carbocycles. The zero-order chi connectivity index (χ0) is 26.1. The van der Waals surface area contributed by atoms with Gasteiger partial charge in [0, 0.05) is 23.4 Å². The molecule has 1 aliphatic rings. The second-order valence-electron chi connectivity index (χ2n) is 9.42. The van der Waals surface area contributed by atoms with Gasteiger partial charge in [0.05, 0.1) is 22.5 Å². The van der Waals surface area contributed by atoms with Gasteiger partial charge in [-0.2, -0.15) is 0 Å². The molecule has 2 amide bonds. The van der Waals surface area contributed by atoms with E-state index >= 15 is 0 Å². The number of aromatic amines is 1. The number of benzene rings is 2. The summed E-state index contributed by atoms with van der Waals surface area (Å²) >= 11 is 0. The van der Waals surface area contributed by atoms with Gasteiger partial charge in [0.25, 0.3) is 5.91 Å². The maximum atomic E-state index is 12.4. The summed E-state index contributed by atoms with van der Waals surface area (Å²) in [5.41, 5.74) is 13.5. The van der Waals surface area contributed by atoms with Gasteiger partial charge in [-0.3, -0.25) is 9.59 Å². The van der Waals surface area contributed by atoms with Gasteiger partial charge < -0.3 is 25.3 Å². The predicted octanol–water partition coefficient (Wildman–Crippen LogP) is 6.10. The third kappa shape index (κ3) is 4.47. The second kappa shape index (κ2) is 10.1. The van der Waals surface area contributed by atoms with E-state index in [0.29, 0.717) is 16.8 Å². The Morgan fingerprint density at radius 1 is 1.19 bits per heavy atom. The Morgan fingerprint density at radius 3 is 2.73 bits per heavy atom. The number of rotatable bonds is 7. The molecule has 1 unspecified atom stereocenters. The molecule has 5 rings (SSSR count). The van der Waals surface area contributed by atoms with Crippen LogP contribution in [0.1, 0.15) is 54.0 Å². The molecule has 2 aromatic heterocycles. The van der Waals surface area contributed by atoms with Crippen molar-refractivity contribution in [3.63, 3.8) is 0 Å². The molecule has 4 N–H and O–H groups in total. The van der Waals surface area contributed by atoms with Crippen LogP contribution in [-0.2, 0) is 16.0 Å². The lowest BCUT2D eigenvalue weighted by atomic mass is 9.94. The molecule has 1 aliphatic heterocycles. The number of primary amides is 1. The molecule has 0 radical (unpaired) electrons. The minimum Gasteiger partial charge on any atom is -0.366 e. The van der Waals surface area contributed by atoms with Crippen molar-refractivity contribution in [1.82, 2.24) is 9.55 Å². The molecular weight excluding hydrogens is 464 g/mol. The number of hydrogen-bond donors (Lipinski definition) is 3. The molecule has 37 heavy (non-hydrogen) atoms. The number of ether oxygens (including phenoxy) is 1. The molecule has 0 spiro atoms. The summed E-state index contributed by atoms with van der Waals surface area (Å²) in [6, 6.07) is 15.8. The summed E-state index contributed by atoms with van der Waals surface area (Å²) in [4.78, 5) is 27.8. The fraction of sp³-hybridized carbons (Fsp3) is 0.267. The molecule has 4 aromatic rings. The summed E-state index contributed by atoms with van der Waals surface area (Å²) in [7, 11) is 0. The molecule has 0 aliphatic carbocycles. The highest BCUT2D eigenvalue weighted by atomic mass is 16.5. The number of carbonyl (C=O) groups excluding carboxylic acids is 2. The highest BCUT2D eigenvalue weighted by Gasteiger charge is 2.23. The summed E-state index contributed by atoms with van der Waals surface area (Å²) < 4.78 is 8.44. The smallest absolute Gasteiger partial charge is 0.250 e. The number of amides is 2. The lowest BCUT2D eigenvalue weighted by molar-refractivity contribution is -0.111. The van der Waals surface area contributed by atoms with Crippen LogP contribution in [0.5, 0.6) is 0 Å². The summed E-state index contributed by atoms with van der Waals surface area (Å²) in [5.74, 6) is -0.760. The maximum Gasteiger partial charge on any atom is 0.250 e. The Morgan fingerprint density at radius 2 is 2.03 bits per heavy atom. The van der Waals surface area contributed by atoms with E-state index in [1.807, 2.05) is 31.2 Å². The van der Waals surface area contributed by atoms with E-state index < -0.39 is 5.91 Å². The van der Waals surface area contributed by atoms with Gasteiger partial charge in [-0.15, -0.1) is 0 Å². The Kier molecular flexibility index (Phi) is 6.72. The van der Waals surface area contributed by atoms with E-state index in [4.69, 9.17) is 10.5 Å². The predicted molar refractivity (Wildman–Crippen MR) is 147 cm³/mol. The highest BCUT2D eigenvalue weighted by molar-refractivity contribution is 6.11. The lowest BCUT2D eigenvalue weighted by Crippen LogP contribution is -2.20. The largest absolute Gasteiger partial charge is 0.366 e. The Labute approximate surface area is 216 Å². The van der Waals surface area contributed by atoms with Gasteiger partial charge >= 0.3 is 0 Å². The number of nitrogens with two attached hydrogens (primary N) is 1. The van der Waals surface area contributed by atoms with Crippen LogP contribution >= 0.6 is 0 Å². The number of H-pyrrole nitrogens is 1. The molecule has 7 heteroatoms. The van der Waals surface area contributed by atoms with Gasteiger partial charge in [0.1, 0.15) is 6.23 Å². The summed E-state index contributed by atoms with van der Waals surface area (Å²) in [6.45, 7) is 8.41. The first-order valence-electron chi connectivity index (χ1n) is 12.7. The van der Waals surface area contributed by atoms with E-state index in [2.05, 4.69) is 46.6 Å². The number of fused-ring (bicyclic) bond motifs is 1. The SMILES string of the molecule is C=CC(=O)Nc1cccc(-c2ccc(C(N)=O)c3[nH]c(-c4ccc(CC)n4C4CCCCO4)cc23)c1C. The van der Waals surface area contributed by atoms with Crippen molar-refractivity contribution < 1.29 is 14.3 Å². The average Bonchev–Trinajstić information content (AvgIpc) is 3.54. The topological polar surface area (TPSA) is 102 Å². The first-order valence-corrected chi connectivity index (χ1v) is 12.7. The first kappa shape index (κ1) is 24.6. The van der Waals surface area contributed by atoms with Crippen LogP contribution in [0.2, 0.25) is 0 Å². The van der Waals surface area contributed by atoms with Crippen LogP contribution in [0.3, 0.4) is 0 Å². The summed E-state index contributed by atoms with van der Waals surface area (Å²) in [5, 5.41) is 3.76. The highest BCUT2D eigenvalue weighted by Crippen LogP contribution is 2.39.